The van der Waals surface area contributed by atoms with Gasteiger partial charge < -0.3 is 19.1 Å². The van der Waals surface area contributed by atoms with Gasteiger partial charge in [0.1, 0.15) is 23.7 Å². The SMILES string of the molecule is CCOC(=O)Cc1ccccc1OCc1nn([C@@H]2CCN(C(=O)OC(C)(C)C)C2)c2ccc(Br)cc12. The summed E-state index contributed by atoms with van der Waals surface area (Å²) in [6.07, 6.45) is 0.633. The molecule has 1 aliphatic heterocycles. The molecule has 3 aromatic rings. The van der Waals surface area contributed by atoms with Crippen molar-refractivity contribution in [3.63, 3.8) is 0 Å². The molecule has 0 bridgehead atoms. The molecular weight excluding hydrogens is 526 g/mol. The van der Waals surface area contributed by atoms with Gasteiger partial charge in [-0.15, -0.1) is 0 Å². The van der Waals surface area contributed by atoms with Crippen LogP contribution in [0.5, 0.6) is 5.75 Å². The van der Waals surface area contributed by atoms with Crippen molar-refractivity contribution >= 4 is 38.9 Å². The van der Waals surface area contributed by atoms with E-state index in [2.05, 4.69) is 15.9 Å². The van der Waals surface area contributed by atoms with Crippen LogP contribution in [0.4, 0.5) is 4.79 Å². The highest BCUT2D eigenvalue weighted by Crippen LogP contribution is 2.31. The number of halogens is 1. The summed E-state index contributed by atoms with van der Waals surface area (Å²) in [6.45, 7) is 9.12. The van der Waals surface area contributed by atoms with E-state index < -0.39 is 5.60 Å². The molecular formula is C27H32BrN3O5. The summed E-state index contributed by atoms with van der Waals surface area (Å²) in [5.41, 5.74) is 2.00. The van der Waals surface area contributed by atoms with Crippen molar-refractivity contribution in [2.45, 2.75) is 58.8 Å². The molecule has 192 valence electrons. The highest BCUT2D eigenvalue weighted by atomic mass is 79.9. The Morgan fingerprint density at radius 1 is 1.17 bits per heavy atom. The molecule has 0 spiro atoms. The van der Waals surface area contributed by atoms with Crippen molar-refractivity contribution in [2.24, 2.45) is 0 Å². The van der Waals surface area contributed by atoms with Gasteiger partial charge in [-0.05, 0) is 58.4 Å². The topological polar surface area (TPSA) is 82.9 Å². The Balaban J connectivity index is 1.55. The van der Waals surface area contributed by atoms with E-state index in [1.165, 1.54) is 0 Å². The molecule has 1 fully saturated rings. The lowest BCUT2D eigenvalue weighted by atomic mass is 10.1. The van der Waals surface area contributed by atoms with E-state index >= 15 is 0 Å². The number of fused-ring (bicyclic) bond motifs is 1. The maximum absolute atomic E-state index is 12.6. The van der Waals surface area contributed by atoms with Gasteiger partial charge in [0, 0.05) is 28.5 Å². The molecule has 0 saturated carbocycles. The summed E-state index contributed by atoms with van der Waals surface area (Å²) in [5, 5.41) is 5.89. The van der Waals surface area contributed by atoms with E-state index in [0.717, 1.165) is 33.1 Å². The first-order valence-corrected chi connectivity index (χ1v) is 12.9. The number of amides is 1. The van der Waals surface area contributed by atoms with E-state index in [4.69, 9.17) is 19.3 Å². The van der Waals surface area contributed by atoms with Crippen molar-refractivity contribution in [1.82, 2.24) is 14.7 Å². The van der Waals surface area contributed by atoms with E-state index in [9.17, 15) is 9.59 Å². The minimum absolute atomic E-state index is 0.0334. The summed E-state index contributed by atoms with van der Waals surface area (Å²) in [4.78, 5) is 26.3. The number of para-hydroxylation sites is 1. The molecule has 9 heteroatoms. The molecule has 2 heterocycles. The lowest BCUT2D eigenvalue weighted by Gasteiger charge is -2.24. The third kappa shape index (κ3) is 6.19. The Bertz CT molecular complexity index is 1250. The van der Waals surface area contributed by atoms with Crippen LogP contribution in [-0.4, -0.2) is 52.0 Å². The van der Waals surface area contributed by atoms with Gasteiger partial charge >= 0.3 is 12.1 Å². The second-order valence-electron chi connectivity index (χ2n) is 9.80. The predicted octanol–water partition coefficient (Wildman–Crippen LogP) is 5.67. The fourth-order valence-electron chi connectivity index (χ4n) is 4.30. The summed E-state index contributed by atoms with van der Waals surface area (Å²) in [5.74, 6) is 0.336. The molecule has 1 aliphatic rings. The van der Waals surface area contributed by atoms with Crippen LogP contribution in [0.3, 0.4) is 0 Å². The highest BCUT2D eigenvalue weighted by molar-refractivity contribution is 9.10. The lowest BCUT2D eigenvalue weighted by molar-refractivity contribution is -0.142. The minimum atomic E-state index is -0.534. The number of esters is 1. The largest absolute Gasteiger partial charge is 0.487 e. The zero-order chi connectivity index (χ0) is 25.9. The van der Waals surface area contributed by atoms with Crippen LogP contribution in [0.15, 0.2) is 46.9 Å². The summed E-state index contributed by atoms with van der Waals surface area (Å²) in [7, 11) is 0. The van der Waals surface area contributed by atoms with Gasteiger partial charge in [-0.25, -0.2) is 4.79 Å². The van der Waals surface area contributed by atoms with Crippen molar-refractivity contribution in [1.29, 1.82) is 0 Å². The van der Waals surface area contributed by atoms with Crippen LogP contribution in [0.2, 0.25) is 0 Å². The number of rotatable bonds is 7. The lowest BCUT2D eigenvalue weighted by Crippen LogP contribution is -2.35. The molecule has 0 aliphatic carbocycles. The summed E-state index contributed by atoms with van der Waals surface area (Å²) in [6, 6.07) is 13.5. The molecule has 0 radical (unpaired) electrons. The van der Waals surface area contributed by atoms with Crippen molar-refractivity contribution in [3.8, 4) is 5.75 Å². The Hall–Kier alpha value is -3.07. The van der Waals surface area contributed by atoms with E-state index in [-0.39, 0.29) is 31.1 Å². The van der Waals surface area contributed by atoms with E-state index in [1.54, 1.807) is 11.8 Å². The average Bonchev–Trinajstić information content (AvgIpc) is 3.42. The monoisotopic (exact) mass is 557 g/mol. The zero-order valence-corrected chi connectivity index (χ0v) is 22.7. The zero-order valence-electron chi connectivity index (χ0n) is 21.1. The van der Waals surface area contributed by atoms with Crippen LogP contribution in [0, 0.1) is 0 Å². The number of benzene rings is 2. The Morgan fingerprint density at radius 3 is 2.69 bits per heavy atom. The summed E-state index contributed by atoms with van der Waals surface area (Å²) < 4.78 is 19.7. The second kappa shape index (κ2) is 10.9. The third-order valence-corrected chi connectivity index (χ3v) is 6.38. The average molecular weight is 558 g/mol. The molecule has 4 rings (SSSR count). The fraction of sp³-hybridized carbons (Fsp3) is 0.444. The molecule has 1 saturated heterocycles. The normalized spacial score (nSPS) is 15.8. The molecule has 1 aromatic heterocycles. The van der Waals surface area contributed by atoms with Gasteiger partial charge in [0.05, 0.1) is 24.6 Å². The quantitative estimate of drug-likeness (QED) is 0.348. The second-order valence-corrected chi connectivity index (χ2v) is 10.7. The molecule has 36 heavy (non-hydrogen) atoms. The van der Waals surface area contributed by atoms with E-state index in [0.29, 0.717) is 25.4 Å². The molecule has 0 N–H and O–H groups in total. The number of carbonyl (C=O) groups is 2. The number of nitrogens with zero attached hydrogens (tertiary/aromatic N) is 3. The Morgan fingerprint density at radius 2 is 1.94 bits per heavy atom. The van der Waals surface area contributed by atoms with Gasteiger partial charge in [-0.2, -0.15) is 5.10 Å². The number of hydrogen-bond acceptors (Lipinski definition) is 6. The van der Waals surface area contributed by atoms with E-state index in [1.807, 2.05) is 67.9 Å². The number of ether oxygens (including phenoxy) is 3. The minimum Gasteiger partial charge on any atom is -0.487 e. The Labute approximate surface area is 219 Å². The molecule has 0 unspecified atom stereocenters. The predicted molar refractivity (Wildman–Crippen MR) is 140 cm³/mol. The van der Waals surface area contributed by atoms with Crippen molar-refractivity contribution < 1.29 is 23.8 Å². The van der Waals surface area contributed by atoms with Gasteiger partial charge in [-0.3, -0.25) is 9.48 Å². The molecule has 8 nitrogen and oxygen atoms in total. The third-order valence-electron chi connectivity index (χ3n) is 5.88. The van der Waals surface area contributed by atoms with Crippen LogP contribution in [0.1, 0.15) is 51.4 Å². The fourth-order valence-corrected chi connectivity index (χ4v) is 4.66. The standard InChI is InChI=1S/C27H32BrN3O5/c1-5-34-25(32)14-18-8-6-7-9-24(18)35-17-22-21-15-19(28)10-11-23(21)31(29-22)20-12-13-30(16-20)26(33)36-27(2,3)4/h6-11,15,20H,5,12-14,16-17H2,1-4H3/t20-/m1/s1. The first kappa shape index (κ1) is 26.0. The molecule has 2 aromatic carbocycles. The van der Waals surface area contributed by atoms with Crippen molar-refractivity contribution in [2.75, 3.05) is 19.7 Å². The van der Waals surface area contributed by atoms with Gasteiger partial charge in [0.2, 0.25) is 0 Å². The van der Waals surface area contributed by atoms with Crippen LogP contribution < -0.4 is 4.74 Å². The van der Waals surface area contributed by atoms with Gasteiger partial charge in [0.25, 0.3) is 0 Å². The van der Waals surface area contributed by atoms with Crippen LogP contribution >= 0.6 is 15.9 Å². The number of aromatic nitrogens is 2. The van der Waals surface area contributed by atoms with Gasteiger partial charge in [-0.1, -0.05) is 34.1 Å². The maximum atomic E-state index is 12.6. The van der Waals surface area contributed by atoms with Crippen LogP contribution in [0.25, 0.3) is 10.9 Å². The number of hydrogen-bond donors (Lipinski definition) is 0. The number of carbonyl (C=O) groups excluding carboxylic acids is 2. The first-order valence-electron chi connectivity index (χ1n) is 12.2. The maximum Gasteiger partial charge on any atom is 0.410 e. The molecule has 1 amide bonds. The first-order chi connectivity index (χ1) is 17.1. The molecule has 1 atom stereocenters. The number of likely N-dealkylation sites (tertiary alicyclic amines) is 1. The van der Waals surface area contributed by atoms with Crippen LogP contribution in [-0.2, 0) is 27.3 Å². The highest BCUT2D eigenvalue weighted by Gasteiger charge is 2.32. The van der Waals surface area contributed by atoms with Gasteiger partial charge in [0.15, 0.2) is 0 Å². The van der Waals surface area contributed by atoms with Crippen molar-refractivity contribution in [3.05, 3.63) is 58.2 Å². The smallest absolute Gasteiger partial charge is 0.410 e. The summed E-state index contributed by atoms with van der Waals surface area (Å²) >= 11 is 3.57. The Kier molecular flexibility index (Phi) is 7.88.